The van der Waals surface area contributed by atoms with Gasteiger partial charge in [0, 0.05) is 25.6 Å². The number of carboxylic acid groups (broad SMARTS) is 1. The van der Waals surface area contributed by atoms with Gasteiger partial charge in [0.15, 0.2) is 0 Å². The largest absolute Gasteiger partial charge is 0.465 e. The molecule has 0 unspecified atom stereocenters. The van der Waals surface area contributed by atoms with E-state index in [1.54, 1.807) is 0 Å². The number of hydrogen-bond donors (Lipinski definition) is 4. The van der Waals surface area contributed by atoms with Crippen LogP contribution in [0.15, 0.2) is 0 Å². The van der Waals surface area contributed by atoms with Crippen molar-refractivity contribution in [2.45, 2.75) is 6.04 Å². The van der Waals surface area contributed by atoms with E-state index in [2.05, 4.69) is 5.32 Å². The number of carbonyl (C=O) groups is 1. The minimum atomic E-state index is -1.09. The van der Waals surface area contributed by atoms with Gasteiger partial charge in [0.1, 0.15) is 0 Å². The highest BCUT2D eigenvalue weighted by Crippen LogP contribution is 2.09. The molecule has 4 N–H and O–H groups in total. The normalized spacial score (nSPS) is 16.8. The smallest absolute Gasteiger partial charge is 0.407 e. The number of nitrogens with one attached hydrogen (secondary N) is 1. The minimum Gasteiger partial charge on any atom is -0.465 e. The van der Waals surface area contributed by atoms with Crippen molar-refractivity contribution in [2.75, 3.05) is 32.8 Å². The van der Waals surface area contributed by atoms with Crippen LogP contribution < -0.4 is 5.32 Å². The van der Waals surface area contributed by atoms with Gasteiger partial charge in [-0.15, -0.1) is 0 Å². The van der Waals surface area contributed by atoms with Crippen LogP contribution in [-0.2, 0) is 0 Å². The van der Waals surface area contributed by atoms with Crippen molar-refractivity contribution < 1.29 is 20.1 Å². The molecule has 0 aromatic heterocycles. The monoisotopic (exact) mass is 204 g/mol. The second-order valence-electron chi connectivity index (χ2n) is 3.48. The van der Waals surface area contributed by atoms with Gasteiger partial charge in [-0.25, -0.2) is 4.79 Å². The predicted octanol–water partition coefficient (Wildman–Crippen LogP) is -1.46. The van der Waals surface area contributed by atoms with Crippen LogP contribution in [0.3, 0.4) is 0 Å². The van der Waals surface area contributed by atoms with Gasteiger partial charge >= 0.3 is 6.09 Å². The van der Waals surface area contributed by atoms with Crippen LogP contribution >= 0.6 is 0 Å². The highest BCUT2D eigenvalue weighted by Gasteiger charge is 2.27. The van der Waals surface area contributed by atoms with Crippen molar-refractivity contribution in [1.29, 1.82) is 0 Å². The van der Waals surface area contributed by atoms with Crippen LogP contribution in [0.4, 0.5) is 4.79 Å². The van der Waals surface area contributed by atoms with E-state index in [9.17, 15) is 4.79 Å². The van der Waals surface area contributed by atoms with E-state index in [0.29, 0.717) is 12.5 Å². The van der Waals surface area contributed by atoms with Gasteiger partial charge in [-0.3, -0.25) is 0 Å². The first kappa shape index (κ1) is 11.2. The molecule has 6 nitrogen and oxygen atoms in total. The SMILES string of the molecule is O=C(O)N(CC1CNC1)C(CO)CO. The minimum absolute atomic E-state index is 0.298. The molecule has 82 valence electrons. The van der Waals surface area contributed by atoms with E-state index in [0.717, 1.165) is 18.0 Å². The summed E-state index contributed by atoms with van der Waals surface area (Å²) in [6, 6.07) is -0.701. The number of aliphatic hydroxyl groups is 2. The van der Waals surface area contributed by atoms with Crippen LogP contribution in [0.5, 0.6) is 0 Å². The molecule has 1 saturated heterocycles. The summed E-state index contributed by atoms with van der Waals surface area (Å²) in [7, 11) is 0. The topological polar surface area (TPSA) is 93.0 Å². The van der Waals surface area contributed by atoms with Gasteiger partial charge in [-0.05, 0) is 0 Å². The molecular weight excluding hydrogens is 188 g/mol. The zero-order valence-corrected chi connectivity index (χ0v) is 7.89. The standard InChI is InChI=1S/C8H16N2O4/c11-4-7(5-12)10(8(13)14)3-6-1-9-2-6/h6-7,9,11-12H,1-5H2,(H,13,14). The third kappa shape index (κ3) is 2.57. The second-order valence-corrected chi connectivity index (χ2v) is 3.48. The summed E-state index contributed by atoms with van der Waals surface area (Å²) in [5.74, 6) is 0.298. The molecule has 1 fully saturated rings. The molecule has 1 heterocycles. The number of rotatable bonds is 5. The molecule has 0 aromatic carbocycles. The highest BCUT2D eigenvalue weighted by molar-refractivity contribution is 5.65. The molecule has 0 aromatic rings. The zero-order chi connectivity index (χ0) is 10.6. The van der Waals surface area contributed by atoms with Crippen LogP contribution in [0.2, 0.25) is 0 Å². The Balaban J connectivity index is 2.47. The Bertz CT molecular complexity index is 192. The Morgan fingerprint density at radius 1 is 1.43 bits per heavy atom. The van der Waals surface area contributed by atoms with Crippen molar-refractivity contribution in [3.63, 3.8) is 0 Å². The van der Waals surface area contributed by atoms with Gasteiger partial charge in [0.2, 0.25) is 0 Å². The first-order valence-corrected chi connectivity index (χ1v) is 4.61. The Hall–Kier alpha value is -0.850. The molecule has 14 heavy (non-hydrogen) atoms. The van der Waals surface area contributed by atoms with Crippen molar-refractivity contribution in [3.8, 4) is 0 Å². The van der Waals surface area contributed by atoms with Crippen LogP contribution in [0, 0.1) is 5.92 Å². The second kappa shape index (κ2) is 5.14. The fraction of sp³-hybridized carbons (Fsp3) is 0.875. The van der Waals surface area contributed by atoms with E-state index in [4.69, 9.17) is 15.3 Å². The van der Waals surface area contributed by atoms with E-state index in [1.807, 2.05) is 0 Å². The lowest BCUT2D eigenvalue weighted by molar-refractivity contribution is 0.0535. The zero-order valence-electron chi connectivity index (χ0n) is 7.89. The molecule has 6 heteroatoms. The first-order valence-electron chi connectivity index (χ1n) is 4.61. The summed E-state index contributed by atoms with van der Waals surface area (Å²) in [5.41, 5.74) is 0. The molecule has 0 bridgehead atoms. The van der Waals surface area contributed by atoms with Gasteiger partial charge in [0.05, 0.1) is 19.3 Å². The van der Waals surface area contributed by atoms with Crippen molar-refractivity contribution in [2.24, 2.45) is 5.92 Å². The first-order chi connectivity index (χ1) is 6.69. The summed E-state index contributed by atoms with van der Waals surface area (Å²) >= 11 is 0. The molecule has 0 atom stereocenters. The maximum Gasteiger partial charge on any atom is 0.407 e. The van der Waals surface area contributed by atoms with Crippen LogP contribution in [-0.4, -0.2) is 65.2 Å². The molecule has 1 rings (SSSR count). The van der Waals surface area contributed by atoms with Crippen LogP contribution in [0.25, 0.3) is 0 Å². The van der Waals surface area contributed by atoms with Crippen molar-refractivity contribution in [1.82, 2.24) is 10.2 Å². The van der Waals surface area contributed by atoms with Crippen LogP contribution in [0.1, 0.15) is 0 Å². The molecule has 0 saturated carbocycles. The van der Waals surface area contributed by atoms with E-state index in [1.165, 1.54) is 0 Å². The van der Waals surface area contributed by atoms with Gasteiger partial charge in [0.25, 0.3) is 0 Å². The third-order valence-electron chi connectivity index (χ3n) is 2.43. The van der Waals surface area contributed by atoms with E-state index < -0.39 is 12.1 Å². The van der Waals surface area contributed by atoms with Gasteiger partial charge in [-0.1, -0.05) is 0 Å². The molecule has 0 radical (unpaired) electrons. The molecule has 1 amide bonds. The fourth-order valence-electron chi connectivity index (χ4n) is 1.39. The number of amides is 1. The van der Waals surface area contributed by atoms with E-state index in [-0.39, 0.29) is 13.2 Å². The number of hydrogen-bond acceptors (Lipinski definition) is 4. The Morgan fingerprint density at radius 3 is 2.29 bits per heavy atom. The lowest BCUT2D eigenvalue weighted by Crippen LogP contribution is -2.53. The molecule has 0 spiro atoms. The molecule has 0 aliphatic carbocycles. The Kier molecular flexibility index (Phi) is 4.12. The third-order valence-corrected chi connectivity index (χ3v) is 2.43. The van der Waals surface area contributed by atoms with Gasteiger partial charge in [-0.2, -0.15) is 0 Å². The average Bonchev–Trinajstić information content (AvgIpc) is 2.08. The van der Waals surface area contributed by atoms with Crippen molar-refractivity contribution in [3.05, 3.63) is 0 Å². The number of aliphatic hydroxyl groups excluding tert-OH is 2. The maximum atomic E-state index is 10.8. The van der Waals surface area contributed by atoms with E-state index >= 15 is 0 Å². The molecule has 1 aliphatic rings. The summed E-state index contributed by atoms with van der Waals surface area (Å²) in [4.78, 5) is 11.9. The van der Waals surface area contributed by atoms with Crippen molar-refractivity contribution >= 4 is 6.09 Å². The average molecular weight is 204 g/mol. The quantitative estimate of drug-likeness (QED) is 0.439. The predicted molar refractivity (Wildman–Crippen MR) is 49.1 cm³/mol. The summed E-state index contributed by atoms with van der Waals surface area (Å²) in [6.07, 6.45) is -1.09. The highest BCUT2D eigenvalue weighted by atomic mass is 16.4. The summed E-state index contributed by atoms with van der Waals surface area (Å²) in [6.45, 7) is 1.28. The Labute approximate surface area is 82.1 Å². The Morgan fingerprint density at radius 2 is 2.00 bits per heavy atom. The lowest BCUT2D eigenvalue weighted by atomic mass is 10.0. The summed E-state index contributed by atoms with van der Waals surface area (Å²) < 4.78 is 0. The fourth-order valence-corrected chi connectivity index (χ4v) is 1.39. The molecular formula is C8H16N2O4. The van der Waals surface area contributed by atoms with Gasteiger partial charge < -0.3 is 25.5 Å². The maximum absolute atomic E-state index is 10.8. The summed E-state index contributed by atoms with van der Waals surface area (Å²) in [5, 5.41) is 29.6. The lowest BCUT2D eigenvalue weighted by Gasteiger charge is -2.34. The molecule has 1 aliphatic heterocycles. The number of nitrogens with zero attached hydrogens (tertiary/aromatic N) is 1.